The molecule has 21 heavy (non-hydrogen) atoms. The minimum atomic E-state index is 0.144. The first-order valence-electron chi connectivity index (χ1n) is 7.88. The molecule has 4 heteroatoms. The van der Waals surface area contributed by atoms with E-state index in [-0.39, 0.29) is 5.54 Å². The Morgan fingerprint density at radius 1 is 1.14 bits per heavy atom. The van der Waals surface area contributed by atoms with Crippen molar-refractivity contribution in [3.8, 4) is 0 Å². The summed E-state index contributed by atoms with van der Waals surface area (Å²) >= 11 is 0. The first-order valence-corrected chi connectivity index (χ1v) is 7.88. The van der Waals surface area contributed by atoms with Gasteiger partial charge in [0, 0.05) is 44.8 Å². The highest BCUT2D eigenvalue weighted by atomic mass is 15.3. The molecule has 4 nitrogen and oxygen atoms in total. The van der Waals surface area contributed by atoms with Gasteiger partial charge in [0.15, 0.2) is 0 Å². The molecule has 1 unspecified atom stereocenters. The molecule has 1 heterocycles. The van der Waals surface area contributed by atoms with E-state index in [1.165, 1.54) is 12.0 Å². The molecule has 0 bridgehead atoms. The van der Waals surface area contributed by atoms with Crippen LogP contribution in [-0.2, 0) is 6.54 Å². The van der Waals surface area contributed by atoms with Crippen molar-refractivity contribution in [1.82, 2.24) is 14.7 Å². The van der Waals surface area contributed by atoms with Crippen LogP contribution in [0.15, 0.2) is 30.3 Å². The Bertz CT molecular complexity index is 420. The lowest BCUT2D eigenvalue weighted by atomic mass is 9.96. The summed E-state index contributed by atoms with van der Waals surface area (Å²) < 4.78 is 0. The molecule has 2 rings (SSSR count). The van der Waals surface area contributed by atoms with Crippen molar-refractivity contribution in [2.45, 2.75) is 18.5 Å². The first kappa shape index (κ1) is 16.4. The fraction of sp³-hybridized carbons (Fsp3) is 0.647. The zero-order valence-corrected chi connectivity index (χ0v) is 13.8. The zero-order valence-electron chi connectivity index (χ0n) is 13.8. The number of rotatable bonds is 7. The summed E-state index contributed by atoms with van der Waals surface area (Å²) in [5.74, 6) is 0. The predicted molar refractivity (Wildman–Crippen MR) is 89.3 cm³/mol. The van der Waals surface area contributed by atoms with Crippen molar-refractivity contribution < 1.29 is 0 Å². The lowest BCUT2D eigenvalue weighted by Crippen LogP contribution is -2.55. The number of nitrogens with two attached hydrogens (primary N) is 1. The molecule has 1 aromatic rings. The van der Waals surface area contributed by atoms with Crippen LogP contribution in [0.1, 0.15) is 12.0 Å². The van der Waals surface area contributed by atoms with Crippen molar-refractivity contribution in [2.24, 2.45) is 5.73 Å². The number of nitrogens with zero attached hydrogens (tertiary/aromatic N) is 3. The van der Waals surface area contributed by atoms with Crippen LogP contribution in [0, 0.1) is 0 Å². The van der Waals surface area contributed by atoms with E-state index in [9.17, 15) is 0 Å². The van der Waals surface area contributed by atoms with E-state index in [0.29, 0.717) is 0 Å². The van der Waals surface area contributed by atoms with Gasteiger partial charge in [-0.1, -0.05) is 30.3 Å². The highest BCUT2D eigenvalue weighted by Crippen LogP contribution is 2.27. The summed E-state index contributed by atoms with van der Waals surface area (Å²) in [6, 6.07) is 10.7. The van der Waals surface area contributed by atoms with Crippen LogP contribution >= 0.6 is 0 Å². The molecule has 118 valence electrons. The van der Waals surface area contributed by atoms with Gasteiger partial charge in [0.25, 0.3) is 0 Å². The molecule has 0 aromatic heterocycles. The molecular weight excluding hydrogens is 260 g/mol. The molecule has 0 saturated carbocycles. The summed E-state index contributed by atoms with van der Waals surface area (Å²) in [4.78, 5) is 7.24. The molecule has 1 aliphatic rings. The van der Waals surface area contributed by atoms with Crippen molar-refractivity contribution in [3.05, 3.63) is 35.9 Å². The third-order valence-electron chi connectivity index (χ3n) is 4.73. The lowest BCUT2D eigenvalue weighted by Gasteiger charge is -2.38. The van der Waals surface area contributed by atoms with Gasteiger partial charge in [-0.3, -0.25) is 9.80 Å². The first-order chi connectivity index (χ1) is 10.1. The van der Waals surface area contributed by atoms with Gasteiger partial charge in [-0.15, -0.1) is 0 Å². The Labute approximate surface area is 129 Å². The average molecular weight is 290 g/mol. The minimum Gasteiger partial charge on any atom is -0.329 e. The third-order valence-corrected chi connectivity index (χ3v) is 4.73. The van der Waals surface area contributed by atoms with Gasteiger partial charge in [-0.25, -0.2) is 0 Å². The largest absolute Gasteiger partial charge is 0.329 e. The van der Waals surface area contributed by atoms with Crippen molar-refractivity contribution in [2.75, 3.05) is 53.9 Å². The van der Waals surface area contributed by atoms with Crippen molar-refractivity contribution >= 4 is 0 Å². The van der Waals surface area contributed by atoms with Crippen LogP contribution in [0.5, 0.6) is 0 Å². The van der Waals surface area contributed by atoms with Crippen LogP contribution in [0.3, 0.4) is 0 Å². The van der Waals surface area contributed by atoms with Crippen LogP contribution in [-0.4, -0.2) is 74.1 Å². The fourth-order valence-corrected chi connectivity index (χ4v) is 3.14. The van der Waals surface area contributed by atoms with Crippen LogP contribution < -0.4 is 5.73 Å². The van der Waals surface area contributed by atoms with Crippen LogP contribution in [0.25, 0.3) is 0 Å². The minimum absolute atomic E-state index is 0.144. The molecule has 0 aliphatic carbocycles. The smallest absolute Gasteiger partial charge is 0.0468 e. The zero-order chi connectivity index (χ0) is 15.3. The Morgan fingerprint density at radius 3 is 2.48 bits per heavy atom. The van der Waals surface area contributed by atoms with Crippen LogP contribution in [0.2, 0.25) is 0 Å². The summed E-state index contributed by atoms with van der Waals surface area (Å²) in [5.41, 5.74) is 7.68. The van der Waals surface area contributed by atoms with Crippen LogP contribution in [0.4, 0.5) is 0 Å². The highest BCUT2D eigenvalue weighted by molar-refractivity contribution is 5.15. The fourth-order valence-electron chi connectivity index (χ4n) is 3.14. The van der Waals surface area contributed by atoms with Gasteiger partial charge in [0.05, 0.1) is 0 Å². The van der Waals surface area contributed by atoms with E-state index < -0.39 is 0 Å². The van der Waals surface area contributed by atoms with E-state index >= 15 is 0 Å². The molecule has 0 radical (unpaired) electrons. The molecule has 0 amide bonds. The molecular formula is C17H30N4. The Morgan fingerprint density at radius 2 is 1.86 bits per heavy atom. The van der Waals surface area contributed by atoms with E-state index in [0.717, 1.165) is 39.3 Å². The van der Waals surface area contributed by atoms with Gasteiger partial charge in [-0.05, 0) is 33.1 Å². The van der Waals surface area contributed by atoms with E-state index in [1.807, 2.05) is 0 Å². The highest BCUT2D eigenvalue weighted by Gasteiger charge is 2.39. The number of likely N-dealkylation sites (N-methyl/N-ethyl adjacent to an activating group) is 2. The predicted octanol–water partition coefficient (Wildman–Crippen LogP) is 1.08. The number of benzene rings is 1. The lowest BCUT2D eigenvalue weighted by molar-refractivity contribution is 0.119. The molecule has 1 saturated heterocycles. The van der Waals surface area contributed by atoms with E-state index in [1.54, 1.807) is 0 Å². The normalized spacial score (nSPS) is 23.3. The molecule has 1 aliphatic heterocycles. The second-order valence-electron chi connectivity index (χ2n) is 6.60. The van der Waals surface area contributed by atoms with Gasteiger partial charge in [0.2, 0.25) is 0 Å². The quantitative estimate of drug-likeness (QED) is 0.815. The number of likely N-dealkylation sites (tertiary alicyclic amines) is 1. The van der Waals surface area contributed by atoms with Gasteiger partial charge in [0.1, 0.15) is 0 Å². The summed E-state index contributed by atoms with van der Waals surface area (Å²) in [6.45, 7) is 6.13. The summed E-state index contributed by atoms with van der Waals surface area (Å²) in [5, 5.41) is 0. The third kappa shape index (κ3) is 4.27. The SMILES string of the molecule is CN(C)CCN(C)C1(CN)CCN(Cc2ccccc2)C1. The van der Waals surface area contributed by atoms with E-state index in [4.69, 9.17) is 5.73 Å². The molecule has 0 spiro atoms. The second kappa shape index (κ2) is 7.36. The Hall–Kier alpha value is -0.940. The van der Waals surface area contributed by atoms with Gasteiger partial charge < -0.3 is 10.6 Å². The number of hydrogen-bond donors (Lipinski definition) is 1. The molecule has 1 fully saturated rings. The van der Waals surface area contributed by atoms with Gasteiger partial charge in [-0.2, -0.15) is 0 Å². The molecule has 1 atom stereocenters. The molecule has 2 N–H and O–H groups in total. The van der Waals surface area contributed by atoms with Crippen molar-refractivity contribution in [3.63, 3.8) is 0 Å². The monoisotopic (exact) mass is 290 g/mol. The number of hydrogen-bond acceptors (Lipinski definition) is 4. The summed E-state index contributed by atoms with van der Waals surface area (Å²) in [7, 11) is 6.47. The molecule has 1 aromatic carbocycles. The second-order valence-corrected chi connectivity index (χ2v) is 6.60. The maximum atomic E-state index is 6.15. The van der Waals surface area contributed by atoms with E-state index in [2.05, 4.69) is 66.2 Å². The maximum absolute atomic E-state index is 6.15. The summed E-state index contributed by atoms with van der Waals surface area (Å²) in [6.07, 6.45) is 1.17. The Kier molecular flexibility index (Phi) is 5.76. The van der Waals surface area contributed by atoms with Crippen molar-refractivity contribution in [1.29, 1.82) is 0 Å². The van der Waals surface area contributed by atoms with Gasteiger partial charge >= 0.3 is 0 Å². The maximum Gasteiger partial charge on any atom is 0.0468 e. The standard InChI is InChI=1S/C17H30N4/c1-19(2)11-12-20(3)17(14-18)9-10-21(15-17)13-16-7-5-4-6-8-16/h4-8H,9-15,18H2,1-3H3. The average Bonchev–Trinajstić information content (AvgIpc) is 2.90. The Balaban J connectivity index is 1.93. The topological polar surface area (TPSA) is 35.7 Å².